The third-order valence-corrected chi connectivity index (χ3v) is 2.39. The molecule has 0 amide bonds. The number of hydrogen-bond acceptors (Lipinski definition) is 3. The van der Waals surface area contributed by atoms with Gasteiger partial charge in [-0.25, -0.2) is 0 Å². The second kappa shape index (κ2) is 11.7. The van der Waals surface area contributed by atoms with Gasteiger partial charge in [-0.2, -0.15) is 0 Å². The largest absolute Gasteiger partial charge is 0.380 e. The van der Waals surface area contributed by atoms with E-state index in [1.54, 1.807) is 0 Å². The van der Waals surface area contributed by atoms with Crippen molar-refractivity contribution in [2.45, 2.75) is 20.3 Å². The standard InChI is InChI=1S/C12H26N2O/c1-4-7-11-15-12-9-13-8-10-14(5-2)6-3/h4,13H,1,5-12H2,2-3H3. The summed E-state index contributed by atoms with van der Waals surface area (Å²) < 4.78 is 5.39. The Kier molecular flexibility index (Phi) is 11.4. The van der Waals surface area contributed by atoms with Gasteiger partial charge in [0.2, 0.25) is 0 Å². The molecule has 3 nitrogen and oxygen atoms in total. The SMILES string of the molecule is C=CCCOCCNCCN(CC)CC. The Balaban J connectivity index is 3.07. The molecule has 0 aromatic carbocycles. The fourth-order valence-corrected chi connectivity index (χ4v) is 1.32. The second-order valence-corrected chi connectivity index (χ2v) is 3.47. The highest BCUT2D eigenvalue weighted by molar-refractivity contribution is 4.64. The molecule has 0 aromatic heterocycles. The summed E-state index contributed by atoms with van der Waals surface area (Å²) in [4.78, 5) is 2.41. The molecular formula is C12H26N2O. The van der Waals surface area contributed by atoms with Crippen molar-refractivity contribution < 1.29 is 4.74 Å². The normalized spacial score (nSPS) is 10.9. The Hall–Kier alpha value is -0.380. The van der Waals surface area contributed by atoms with E-state index in [0.29, 0.717) is 0 Å². The van der Waals surface area contributed by atoms with E-state index in [0.717, 1.165) is 52.4 Å². The third-order valence-electron chi connectivity index (χ3n) is 2.39. The molecule has 3 heteroatoms. The topological polar surface area (TPSA) is 24.5 Å². The van der Waals surface area contributed by atoms with Crippen LogP contribution in [0.5, 0.6) is 0 Å². The van der Waals surface area contributed by atoms with Crippen molar-refractivity contribution in [2.75, 3.05) is 45.9 Å². The van der Waals surface area contributed by atoms with Gasteiger partial charge in [0.05, 0.1) is 13.2 Å². The average molecular weight is 214 g/mol. The molecule has 0 fully saturated rings. The molecule has 0 aliphatic carbocycles. The number of nitrogens with zero attached hydrogens (tertiary/aromatic N) is 1. The van der Waals surface area contributed by atoms with Crippen molar-refractivity contribution in [3.63, 3.8) is 0 Å². The van der Waals surface area contributed by atoms with Gasteiger partial charge in [-0.15, -0.1) is 6.58 Å². The summed E-state index contributed by atoms with van der Waals surface area (Å²) in [5.41, 5.74) is 0. The molecule has 0 unspecified atom stereocenters. The first kappa shape index (κ1) is 14.6. The van der Waals surface area contributed by atoms with Crippen LogP contribution in [0.2, 0.25) is 0 Å². The van der Waals surface area contributed by atoms with E-state index < -0.39 is 0 Å². The first-order valence-corrected chi connectivity index (χ1v) is 5.96. The summed E-state index contributed by atoms with van der Waals surface area (Å²) in [6.07, 6.45) is 2.83. The summed E-state index contributed by atoms with van der Waals surface area (Å²) in [5.74, 6) is 0. The minimum absolute atomic E-state index is 0.793. The third kappa shape index (κ3) is 9.91. The minimum atomic E-state index is 0.793. The van der Waals surface area contributed by atoms with Crippen LogP contribution in [-0.2, 0) is 4.74 Å². The molecule has 0 spiro atoms. The molecule has 15 heavy (non-hydrogen) atoms. The van der Waals surface area contributed by atoms with Gasteiger partial charge in [-0.1, -0.05) is 19.9 Å². The van der Waals surface area contributed by atoms with Crippen LogP contribution in [0, 0.1) is 0 Å². The first-order valence-electron chi connectivity index (χ1n) is 5.96. The zero-order chi connectivity index (χ0) is 11.4. The number of hydrogen-bond donors (Lipinski definition) is 1. The summed E-state index contributed by atoms with van der Waals surface area (Å²) in [6.45, 7) is 15.0. The lowest BCUT2D eigenvalue weighted by atomic mass is 10.4. The fourth-order valence-electron chi connectivity index (χ4n) is 1.32. The second-order valence-electron chi connectivity index (χ2n) is 3.47. The Bertz CT molecular complexity index is 136. The van der Waals surface area contributed by atoms with Gasteiger partial charge >= 0.3 is 0 Å². The highest BCUT2D eigenvalue weighted by Crippen LogP contribution is 1.84. The molecule has 0 atom stereocenters. The van der Waals surface area contributed by atoms with Gasteiger partial charge in [0.15, 0.2) is 0 Å². The van der Waals surface area contributed by atoms with Crippen LogP contribution in [0.1, 0.15) is 20.3 Å². The van der Waals surface area contributed by atoms with Crippen LogP contribution in [0.15, 0.2) is 12.7 Å². The van der Waals surface area contributed by atoms with Crippen molar-refractivity contribution in [3.05, 3.63) is 12.7 Å². The van der Waals surface area contributed by atoms with Crippen molar-refractivity contribution in [1.82, 2.24) is 10.2 Å². The number of rotatable bonds is 11. The van der Waals surface area contributed by atoms with Crippen molar-refractivity contribution in [2.24, 2.45) is 0 Å². The van der Waals surface area contributed by atoms with E-state index in [1.807, 2.05) is 6.08 Å². The Labute approximate surface area is 94.5 Å². The van der Waals surface area contributed by atoms with Gasteiger partial charge in [-0.05, 0) is 19.5 Å². The summed E-state index contributed by atoms with van der Waals surface area (Å²) in [5, 5.41) is 3.37. The predicted molar refractivity (Wildman–Crippen MR) is 66.3 cm³/mol. The maximum Gasteiger partial charge on any atom is 0.0591 e. The van der Waals surface area contributed by atoms with E-state index >= 15 is 0 Å². The molecule has 0 aromatic rings. The maximum absolute atomic E-state index is 5.39. The Morgan fingerprint density at radius 3 is 2.53 bits per heavy atom. The molecule has 0 rings (SSSR count). The highest BCUT2D eigenvalue weighted by Gasteiger charge is 1.96. The zero-order valence-electron chi connectivity index (χ0n) is 10.3. The predicted octanol–water partition coefficient (Wildman–Crippen LogP) is 1.51. The van der Waals surface area contributed by atoms with Crippen LogP contribution in [0.3, 0.4) is 0 Å². The molecule has 0 aliphatic rings. The van der Waals surface area contributed by atoms with Crippen LogP contribution in [-0.4, -0.2) is 50.8 Å². The van der Waals surface area contributed by atoms with Crippen LogP contribution < -0.4 is 5.32 Å². The van der Waals surface area contributed by atoms with Crippen LogP contribution in [0.4, 0.5) is 0 Å². The Morgan fingerprint density at radius 1 is 1.20 bits per heavy atom. The summed E-state index contributed by atoms with van der Waals surface area (Å²) in [7, 11) is 0. The molecule has 90 valence electrons. The lowest BCUT2D eigenvalue weighted by molar-refractivity contribution is 0.140. The van der Waals surface area contributed by atoms with Gasteiger partial charge < -0.3 is 15.0 Å². The average Bonchev–Trinajstić information content (AvgIpc) is 2.27. The van der Waals surface area contributed by atoms with Gasteiger partial charge in [0, 0.05) is 19.6 Å². The summed E-state index contributed by atoms with van der Waals surface area (Å²) in [6, 6.07) is 0. The van der Waals surface area contributed by atoms with Gasteiger partial charge in [0.1, 0.15) is 0 Å². The lowest BCUT2D eigenvalue weighted by Crippen LogP contribution is -2.33. The van der Waals surface area contributed by atoms with Gasteiger partial charge in [0.25, 0.3) is 0 Å². The van der Waals surface area contributed by atoms with Crippen molar-refractivity contribution in [3.8, 4) is 0 Å². The van der Waals surface area contributed by atoms with Crippen LogP contribution >= 0.6 is 0 Å². The zero-order valence-corrected chi connectivity index (χ0v) is 10.3. The van der Waals surface area contributed by atoms with E-state index in [1.165, 1.54) is 0 Å². The fraction of sp³-hybridized carbons (Fsp3) is 0.833. The minimum Gasteiger partial charge on any atom is -0.380 e. The monoisotopic (exact) mass is 214 g/mol. The van der Waals surface area contributed by atoms with Crippen molar-refractivity contribution >= 4 is 0 Å². The molecular weight excluding hydrogens is 188 g/mol. The number of nitrogens with one attached hydrogen (secondary N) is 1. The van der Waals surface area contributed by atoms with E-state index in [4.69, 9.17) is 4.74 Å². The molecule has 0 radical (unpaired) electrons. The first-order chi connectivity index (χ1) is 7.35. The molecule has 0 heterocycles. The molecule has 0 saturated carbocycles. The molecule has 0 saturated heterocycles. The lowest BCUT2D eigenvalue weighted by Gasteiger charge is -2.17. The smallest absolute Gasteiger partial charge is 0.0591 e. The number of likely N-dealkylation sites (N-methyl/N-ethyl adjacent to an activating group) is 1. The van der Waals surface area contributed by atoms with E-state index in [9.17, 15) is 0 Å². The van der Waals surface area contributed by atoms with Crippen molar-refractivity contribution in [1.29, 1.82) is 0 Å². The van der Waals surface area contributed by atoms with E-state index in [-0.39, 0.29) is 0 Å². The van der Waals surface area contributed by atoms with E-state index in [2.05, 4.69) is 30.6 Å². The quantitative estimate of drug-likeness (QED) is 0.417. The molecule has 0 aliphatic heterocycles. The van der Waals surface area contributed by atoms with Crippen LogP contribution in [0.25, 0.3) is 0 Å². The Morgan fingerprint density at radius 2 is 1.93 bits per heavy atom. The number of ether oxygens (including phenoxy) is 1. The maximum atomic E-state index is 5.39. The summed E-state index contributed by atoms with van der Waals surface area (Å²) >= 11 is 0. The molecule has 0 bridgehead atoms. The highest BCUT2D eigenvalue weighted by atomic mass is 16.5. The molecule has 1 N–H and O–H groups in total. The van der Waals surface area contributed by atoms with Gasteiger partial charge in [-0.3, -0.25) is 0 Å².